The quantitative estimate of drug-likeness (QED) is 0.661. The van der Waals surface area contributed by atoms with Gasteiger partial charge in [0, 0.05) is 18.6 Å². The minimum atomic E-state index is -0.751. The summed E-state index contributed by atoms with van der Waals surface area (Å²) in [7, 11) is 0. The summed E-state index contributed by atoms with van der Waals surface area (Å²) in [6.07, 6.45) is 13.0. The van der Waals surface area contributed by atoms with Gasteiger partial charge in [-0.3, -0.25) is 5.32 Å². The molecule has 2 rings (SSSR count). The minimum absolute atomic E-state index is 0.516. The number of hydrogen-bond donors (Lipinski definition) is 3. The third-order valence-electron chi connectivity index (χ3n) is 4.46. The summed E-state index contributed by atoms with van der Waals surface area (Å²) in [4.78, 5) is 0. The highest BCUT2D eigenvalue weighted by Crippen LogP contribution is 2.20. The van der Waals surface area contributed by atoms with Crippen LogP contribution in [0.2, 0.25) is 0 Å². The maximum Gasteiger partial charge on any atom is 0.125 e. The van der Waals surface area contributed by atoms with Gasteiger partial charge in [0.1, 0.15) is 5.72 Å². The molecular weight excluding hydrogens is 224 g/mol. The predicted octanol–water partition coefficient (Wildman–Crippen LogP) is 2.54. The maximum atomic E-state index is 10.4. The van der Waals surface area contributed by atoms with Crippen LogP contribution in [0.15, 0.2) is 0 Å². The minimum Gasteiger partial charge on any atom is -0.375 e. The maximum absolute atomic E-state index is 10.4. The van der Waals surface area contributed by atoms with Gasteiger partial charge in [0.2, 0.25) is 0 Å². The van der Waals surface area contributed by atoms with Gasteiger partial charge >= 0.3 is 0 Å². The van der Waals surface area contributed by atoms with Gasteiger partial charge < -0.3 is 10.4 Å². The Morgan fingerprint density at radius 3 is 1.94 bits per heavy atom. The first kappa shape index (κ1) is 14.3. The van der Waals surface area contributed by atoms with Crippen LogP contribution in [0.3, 0.4) is 0 Å². The van der Waals surface area contributed by atoms with Crippen molar-refractivity contribution in [2.75, 3.05) is 6.54 Å². The molecule has 3 heteroatoms. The van der Waals surface area contributed by atoms with Crippen molar-refractivity contribution in [3.8, 4) is 0 Å². The monoisotopic (exact) mass is 254 g/mol. The Morgan fingerprint density at radius 2 is 1.39 bits per heavy atom. The van der Waals surface area contributed by atoms with E-state index in [1.54, 1.807) is 0 Å². The van der Waals surface area contributed by atoms with Gasteiger partial charge in [0.25, 0.3) is 0 Å². The zero-order chi connectivity index (χ0) is 12.8. The first-order valence-corrected chi connectivity index (χ1v) is 7.89. The summed E-state index contributed by atoms with van der Waals surface area (Å²) in [5.74, 6) is 0. The molecule has 0 aromatic carbocycles. The fraction of sp³-hybridized carbons (Fsp3) is 1.00. The van der Waals surface area contributed by atoms with Crippen molar-refractivity contribution < 1.29 is 5.11 Å². The standard InChI is InChI=1S/C15H30N2O/c1-15(18,17-14-10-6-3-7-11-14)12-16-13-8-4-2-5-9-13/h13-14,16-18H,2-12H2,1H3. The molecular formula is C15H30N2O. The molecule has 18 heavy (non-hydrogen) atoms. The van der Waals surface area contributed by atoms with Crippen molar-refractivity contribution >= 4 is 0 Å². The van der Waals surface area contributed by atoms with Crippen molar-refractivity contribution in [3.05, 3.63) is 0 Å². The average Bonchev–Trinajstić information content (AvgIpc) is 2.38. The van der Waals surface area contributed by atoms with Gasteiger partial charge in [0.05, 0.1) is 0 Å². The van der Waals surface area contributed by atoms with Crippen molar-refractivity contribution in [3.63, 3.8) is 0 Å². The normalized spacial score (nSPS) is 27.0. The summed E-state index contributed by atoms with van der Waals surface area (Å²) in [5.41, 5.74) is -0.751. The molecule has 1 atom stereocenters. The van der Waals surface area contributed by atoms with Gasteiger partial charge in [-0.1, -0.05) is 38.5 Å². The van der Waals surface area contributed by atoms with E-state index in [1.807, 2.05) is 6.92 Å². The average molecular weight is 254 g/mol. The highest BCUT2D eigenvalue weighted by molar-refractivity contribution is 4.83. The lowest BCUT2D eigenvalue weighted by atomic mass is 9.94. The molecule has 0 aliphatic heterocycles. The Balaban J connectivity index is 1.68. The molecule has 0 bridgehead atoms. The van der Waals surface area contributed by atoms with Crippen LogP contribution in [-0.4, -0.2) is 29.5 Å². The molecule has 0 heterocycles. The van der Waals surface area contributed by atoms with Crippen LogP contribution >= 0.6 is 0 Å². The zero-order valence-corrected chi connectivity index (χ0v) is 11.9. The molecule has 0 aromatic rings. The van der Waals surface area contributed by atoms with Gasteiger partial charge in [-0.15, -0.1) is 0 Å². The van der Waals surface area contributed by atoms with E-state index in [-0.39, 0.29) is 0 Å². The molecule has 2 saturated carbocycles. The van der Waals surface area contributed by atoms with E-state index in [9.17, 15) is 5.11 Å². The fourth-order valence-corrected chi connectivity index (χ4v) is 3.39. The lowest BCUT2D eigenvalue weighted by molar-refractivity contribution is 0.00496. The zero-order valence-electron chi connectivity index (χ0n) is 11.9. The van der Waals surface area contributed by atoms with Crippen molar-refractivity contribution in [1.82, 2.24) is 10.6 Å². The molecule has 0 amide bonds. The van der Waals surface area contributed by atoms with Crippen molar-refractivity contribution in [1.29, 1.82) is 0 Å². The topological polar surface area (TPSA) is 44.3 Å². The Bertz CT molecular complexity index is 231. The number of nitrogens with one attached hydrogen (secondary N) is 2. The van der Waals surface area contributed by atoms with Gasteiger partial charge in [0.15, 0.2) is 0 Å². The van der Waals surface area contributed by atoms with E-state index in [2.05, 4.69) is 10.6 Å². The summed E-state index contributed by atoms with van der Waals surface area (Å²) in [6, 6.07) is 1.14. The molecule has 3 N–H and O–H groups in total. The summed E-state index contributed by atoms with van der Waals surface area (Å²) in [5, 5.41) is 17.4. The molecule has 1 unspecified atom stereocenters. The third kappa shape index (κ3) is 4.87. The molecule has 0 radical (unpaired) electrons. The first-order chi connectivity index (χ1) is 8.66. The fourth-order valence-electron chi connectivity index (χ4n) is 3.39. The molecule has 0 spiro atoms. The highest BCUT2D eigenvalue weighted by Gasteiger charge is 2.26. The molecule has 2 fully saturated rings. The summed E-state index contributed by atoms with van der Waals surface area (Å²) in [6.45, 7) is 2.59. The Labute approximate surface area is 112 Å². The van der Waals surface area contributed by atoms with Gasteiger partial charge in [-0.2, -0.15) is 0 Å². The molecule has 3 nitrogen and oxygen atoms in total. The van der Waals surface area contributed by atoms with Crippen LogP contribution in [0.25, 0.3) is 0 Å². The number of hydrogen-bond acceptors (Lipinski definition) is 3. The van der Waals surface area contributed by atoms with E-state index < -0.39 is 5.72 Å². The Hall–Kier alpha value is -0.120. The molecule has 2 aliphatic rings. The predicted molar refractivity (Wildman–Crippen MR) is 75.5 cm³/mol. The Kier molecular flexibility index (Phi) is 5.46. The highest BCUT2D eigenvalue weighted by atomic mass is 16.3. The van der Waals surface area contributed by atoms with E-state index >= 15 is 0 Å². The molecule has 0 aromatic heterocycles. The Morgan fingerprint density at radius 1 is 0.889 bits per heavy atom. The van der Waals surface area contributed by atoms with Crippen molar-refractivity contribution in [2.45, 2.75) is 88.9 Å². The van der Waals surface area contributed by atoms with Gasteiger partial charge in [-0.25, -0.2) is 0 Å². The number of aliphatic hydroxyl groups is 1. The molecule has 0 saturated heterocycles. The van der Waals surface area contributed by atoms with Crippen LogP contribution in [0.1, 0.15) is 71.1 Å². The second-order valence-corrected chi connectivity index (χ2v) is 6.47. The van der Waals surface area contributed by atoms with E-state index in [1.165, 1.54) is 64.2 Å². The first-order valence-electron chi connectivity index (χ1n) is 7.89. The van der Waals surface area contributed by atoms with Crippen LogP contribution in [-0.2, 0) is 0 Å². The summed E-state index contributed by atoms with van der Waals surface area (Å²) < 4.78 is 0. The second-order valence-electron chi connectivity index (χ2n) is 6.47. The molecule has 106 valence electrons. The summed E-state index contributed by atoms with van der Waals surface area (Å²) >= 11 is 0. The van der Waals surface area contributed by atoms with E-state index in [4.69, 9.17) is 0 Å². The third-order valence-corrected chi connectivity index (χ3v) is 4.46. The van der Waals surface area contributed by atoms with Crippen LogP contribution in [0.5, 0.6) is 0 Å². The van der Waals surface area contributed by atoms with Crippen LogP contribution < -0.4 is 10.6 Å². The van der Waals surface area contributed by atoms with E-state index in [0.29, 0.717) is 18.6 Å². The van der Waals surface area contributed by atoms with Crippen molar-refractivity contribution in [2.24, 2.45) is 0 Å². The lowest BCUT2D eigenvalue weighted by Gasteiger charge is -2.34. The molecule has 2 aliphatic carbocycles. The van der Waals surface area contributed by atoms with Crippen LogP contribution in [0.4, 0.5) is 0 Å². The smallest absolute Gasteiger partial charge is 0.125 e. The number of rotatable bonds is 5. The largest absolute Gasteiger partial charge is 0.375 e. The van der Waals surface area contributed by atoms with Crippen LogP contribution in [0, 0.1) is 0 Å². The van der Waals surface area contributed by atoms with Gasteiger partial charge in [-0.05, 0) is 32.6 Å². The second kappa shape index (κ2) is 6.88. The lowest BCUT2D eigenvalue weighted by Crippen LogP contribution is -2.56. The van der Waals surface area contributed by atoms with E-state index in [0.717, 1.165) is 0 Å². The SMILES string of the molecule is CC(O)(CNC1CCCCC1)NC1CCCCC1.